The molecule has 2 nitrogen and oxygen atoms in total. The number of hydrogen-bond acceptors (Lipinski definition) is 2. The Hall–Kier alpha value is -1.16. The van der Waals surface area contributed by atoms with Crippen molar-refractivity contribution in [2.24, 2.45) is 5.73 Å². The maximum absolute atomic E-state index is 12.0. The standard InChI is InChI=1S/C10H13F2NO/c1-6-3-4-9(14-10(11)12)8(5-6)7(2)13/h3-5,7,10H,13H2,1-2H3. The molecule has 1 aromatic carbocycles. The van der Waals surface area contributed by atoms with Gasteiger partial charge in [0.05, 0.1) is 0 Å². The van der Waals surface area contributed by atoms with Crippen LogP contribution in [0.3, 0.4) is 0 Å². The monoisotopic (exact) mass is 201 g/mol. The number of aryl methyl sites for hydroxylation is 1. The molecule has 14 heavy (non-hydrogen) atoms. The SMILES string of the molecule is Cc1ccc(OC(F)F)c(C(C)N)c1. The fraction of sp³-hybridized carbons (Fsp3) is 0.400. The lowest BCUT2D eigenvalue weighted by molar-refractivity contribution is -0.0505. The van der Waals surface area contributed by atoms with Gasteiger partial charge in [0.1, 0.15) is 5.75 Å². The van der Waals surface area contributed by atoms with E-state index >= 15 is 0 Å². The Kier molecular flexibility index (Phi) is 3.41. The van der Waals surface area contributed by atoms with E-state index < -0.39 is 6.61 Å². The van der Waals surface area contributed by atoms with E-state index in [1.165, 1.54) is 6.07 Å². The molecule has 0 aliphatic rings. The first-order chi connectivity index (χ1) is 6.50. The Bertz CT molecular complexity index is 313. The van der Waals surface area contributed by atoms with Crippen LogP contribution in [-0.4, -0.2) is 6.61 Å². The van der Waals surface area contributed by atoms with E-state index in [9.17, 15) is 8.78 Å². The zero-order chi connectivity index (χ0) is 10.7. The van der Waals surface area contributed by atoms with Crippen LogP contribution in [-0.2, 0) is 0 Å². The average Bonchev–Trinajstić information content (AvgIpc) is 2.07. The predicted molar refractivity (Wildman–Crippen MR) is 50.4 cm³/mol. The predicted octanol–water partition coefficient (Wildman–Crippen LogP) is 2.62. The van der Waals surface area contributed by atoms with Gasteiger partial charge in [0.2, 0.25) is 0 Å². The van der Waals surface area contributed by atoms with Gasteiger partial charge in [-0.3, -0.25) is 0 Å². The number of rotatable bonds is 3. The summed E-state index contributed by atoms with van der Waals surface area (Å²) in [6.45, 7) is 0.792. The molecule has 4 heteroatoms. The zero-order valence-corrected chi connectivity index (χ0v) is 8.13. The minimum absolute atomic E-state index is 0.153. The number of benzene rings is 1. The topological polar surface area (TPSA) is 35.2 Å². The first kappa shape index (κ1) is 10.9. The van der Waals surface area contributed by atoms with Gasteiger partial charge in [0.25, 0.3) is 0 Å². The molecule has 1 aromatic rings. The highest BCUT2D eigenvalue weighted by Gasteiger charge is 2.12. The summed E-state index contributed by atoms with van der Waals surface area (Å²) in [5.74, 6) is 0.153. The fourth-order valence-electron chi connectivity index (χ4n) is 1.23. The summed E-state index contributed by atoms with van der Waals surface area (Å²) in [6.07, 6.45) is 0. The van der Waals surface area contributed by atoms with Crippen LogP contribution in [0, 0.1) is 6.92 Å². The highest BCUT2D eigenvalue weighted by Crippen LogP contribution is 2.26. The van der Waals surface area contributed by atoms with Crippen LogP contribution >= 0.6 is 0 Å². The normalized spacial score (nSPS) is 13.0. The summed E-state index contributed by atoms with van der Waals surface area (Å²) in [7, 11) is 0. The van der Waals surface area contributed by atoms with E-state index in [4.69, 9.17) is 5.73 Å². The third-order valence-electron chi connectivity index (χ3n) is 1.87. The summed E-state index contributed by atoms with van der Waals surface area (Å²) in [5, 5.41) is 0. The van der Waals surface area contributed by atoms with Crippen molar-refractivity contribution in [1.82, 2.24) is 0 Å². The second-order valence-corrected chi connectivity index (χ2v) is 3.21. The van der Waals surface area contributed by atoms with Crippen molar-refractivity contribution in [2.75, 3.05) is 0 Å². The molecule has 78 valence electrons. The molecule has 0 amide bonds. The van der Waals surface area contributed by atoms with Crippen molar-refractivity contribution in [3.8, 4) is 5.75 Å². The van der Waals surface area contributed by atoms with Gasteiger partial charge in [-0.05, 0) is 19.9 Å². The lowest BCUT2D eigenvalue weighted by Crippen LogP contribution is -2.10. The van der Waals surface area contributed by atoms with Crippen molar-refractivity contribution >= 4 is 0 Å². The number of hydrogen-bond donors (Lipinski definition) is 1. The molecule has 0 bridgehead atoms. The molecular weight excluding hydrogens is 188 g/mol. The quantitative estimate of drug-likeness (QED) is 0.815. The second kappa shape index (κ2) is 4.37. The Labute approximate surface area is 81.7 Å². The molecule has 0 saturated carbocycles. The Morgan fingerprint density at radius 1 is 1.36 bits per heavy atom. The molecule has 1 atom stereocenters. The van der Waals surface area contributed by atoms with Gasteiger partial charge in [0.15, 0.2) is 0 Å². The summed E-state index contributed by atoms with van der Waals surface area (Å²) < 4.78 is 28.4. The van der Waals surface area contributed by atoms with E-state index in [-0.39, 0.29) is 11.8 Å². The van der Waals surface area contributed by atoms with Crippen molar-refractivity contribution in [2.45, 2.75) is 26.5 Å². The van der Waals surface area contributed by atoms with Crippen molar-refractivity contribution in [3.05, 3.63) is 29.3 Å². The van der Waals surface area contributed by atoms with Gasteiger partial charge in [-0.1, -0.05) is 17.7 Å². The van der Waals surface area contributed by atoms with E-state index in [1.807, 2.05) is 6.92 Å². The van der Waals surface area contributed by atoms with Crippen LogP contribution in [0.2, 0.25) is 0 Å². The Morgan fingerprint density at radius 2 is 2.00 bits per heavy atom. The number of halogens is 2. The van der Waals surface area contributed by atoms with Crippen LogP contribution in [0.4, 0.5) is 8.78 Å². The van der Waals surface area contributed by atoms with Crippen molar-refractivity contribution in [3.63, 3.8) is 0 Å². The Morgan fingerprint density at radius 3 is 2.50 bits per heavy atom. The zero-order valence-electron chi connectivity index (χ0n) is 8.13. The molecule has 0 saturated heterocycles. The van der Waals surface area contributed by atoms with Gasteiger partial charge >= 0.3 is 6.61 Å². The summed E-state index contributed by atoms with van der Waals surface area (Å²) in [5.41, 5.74) is 7.21. The maximum Gasteiger partial charge on any atom is 0.387 e. The molecule has 0 aliphatic carbocycles. The first-order valence-corrected chi connectivity index (χ1v) is 4.31. The highest BCUT2D eigenvalue weighted by atomic mass is 19.3. The third kappa shape index (κ3) is 2.67. The van der Waals surface area contributed by atoms with Gasteiger partial charge in [-0.15, -0.1) is 0 Å². The minimum atomic E-state index is -2.81. The third-order valence-corrected chi connectivity index (χ3v) is 1.87. The van der Waals surface area contributed by atoms with Crippen LogP contribution < -0.4 is 10.5 Å². The van der Waals surface area contributed by atoms with Crippen molar-refractivity contribution in [1.29, 1.82) is 0 Å². The lowest BCUT2D eigenvalue weighted by atomic mass is 10.1. The molecule has 0 aromatic heterocycles. The van der Waals surface area contributed by atoms with Gasteiger partial charge < -0.3 is 10.5 Å². The molecule has 0 radical (unpaired) electrons. The van der Waals surface area contributed by atoms with Gasteiger partial charge in [0, 0.05) is 11.6 Å². The van der Waals surface area contributed by atoms with Gasteiger partial charge in [-0.25, -0.2) is 0 Å². The summed E-state index contributed by atoms with van der Waals surface area (Å²) >= 11 is 0. The number of ether oxygens (including phenoxy) is 1. The van der Waals surface area contributed by atoms with Gasteiger partial charge in [-0.2, -0.15) is 8.78 Å². The van der Waals surface area contributed by atoms with Crippen LogP contribution in [0.1, 0.15) is 24.1 Å². The number of nitrogens with two attached hydrogens (primary N) is 1. The lowest BCUT2D eigenvalue weighted by Gasteiger charge is -2.13. The smallest absolute Gasteiger partial charge is 0.387 e. The summed E-state index contributed by atoms with van der Waals surface area (Å²) in [4.78, 5) is 0. The maximum atomic E-state index is 12.0. The molecule has 0 aliphatic heterocycles. The van der Waals surface area contributed by atoms with E-state index in [1.54, 1.807) is 19.1 Å². The van der Waals surface area contributed by atoms with Crippen LogP contribution in [0.15, 0.2) is 18.2 Å². The molecule has 0 fully saturated rings. The molecule has 0 spiro atoms. The molecule has 0 heterocycles. The molecule has 1 unspecified atom stereocenters. The van der Waals surface area contributed by atoms with E-state index in [2.05, 4.69) is 4.74 Å². The van der Waals surface area contributed by atoms with E-state index in [0.29, 0.717) is 5.56 Å². The highest BCUT2D eigenvalue weighted by molar-refractivity contribution is 5.38. The first-order valence-electron chi connectivity index (χ1n) is 4.31. The van der Waals surface area contributed by atoms with Crippen LogP contribution in [0.25, 0.3) is 0 Å². The molecular formula is C10H13F2NO. The number of alkyl halides is 2. The second-order valence-electron chi connectivity index (χ2n) is 3.21. The van der Waals surface area contributed by atoms with Crippen LogP contribution in [0.5, 0.6) is 5.75 Å². The molecule has 1 rings (SSSR count). The fourth-order valence-corrected chi connectivity index (χ4v) is 1.23. The van der Waals surface area contributed by atoms with E-state index in [0.717, 1.165) is 5.56 Å². The average molecular weight is 201 g/mol. The minimum Gasteiger partial charge on any atom is -0.434 e. The van der Waals surface area contributed by atoms with Crippen molar-refractivity contribution < 1.29 is 13.5 Å². The largest absolute Gasteiger partial charge is 0.434 e. The summed E-state index contributed by atoms with van der Waals surface area (Å²) in [6, 6.07) is 4.66. The molecule has 2 N–H and O–H groups in total. The Balaban J connectivity index is 3.02.